The molecule has 0 unspecified atom stereocenters. The van der Waals surface area contributed by atoms with E-state index < -0.39 is 28.3 Å². The Morgan fingerprint density at radius 2 is 1.70 bits per heavy atom. The molecular weight excluding hydrogens is 425 g/mol. The van der Waals surface area contributed by atoms with Crippen molar-refractivity contribution in [3.8, 4) is 5.75 Å². The van der Waals surface area contributed by atoms with Crippen molar-refractivity contribution in [1.29, 1.82) is 0 Å². The van der Waals surface area contributed by atoms with Gasteiger partial charge in [-0.3, -0.25) is 4.31 Å². The van der Waals surface area contributed by atoms with Gasteiger partial charge in [0.15, 0.2) is 0 Å². The number of fused-ring (bicyclic) bond motifs is 1. The standard InChI is InChI=1S/C21H25BClNO5S/c1-20(2)21(3,4)29-22(28-20)16-14-15(10-11-17(16)23)30(25,26)24-12-7-13-27-19-9-6-5-8-18(19)24/h5-6,8-11,14H,7,12-13H2,1-4H3. The molecule has 1 fully saturated rings. The summed E-state index contributed by atoms with van der Waals surface area (Å²) in [6, 6.07) is 11.8. The highest BCUT2D eigenvalue weighted by Crippen LogP contribution is 2.38. The van der Waals surface area contributed by atoms with E-state index in [1.54, 1.807) is 30.3 Å². The van der Waals surface area contributed by atoms with E-state index in [1.165, 1.54) is 10.4 Å². The average molecular weight is 450 g/mol. The second-order valence-electron chi connectivity index (χ2n) is 8.52. The Labute approximate surface area is 183 Å². The molecule has 2 aliphatic heterocycles. The zero-order valence-electron chi connectivity index (χ0n) is 17.5. The second kappa shape index (κ2) is 7.44. The molecule has 0 spiro atoms. The first-order chi connectivity index (χ1) is 14.0. The van der Waals surface area contributed by atoms with E-state index in [4.69, 9.17) is 25.6 Å². The minimum atomic E-state index is -3.84. The average Bonchev–Trinajstić information content (AvgIpc) is 2.82. The first kappa shape index (κ1) is 21.5. The van der Waals surface area contributed by atoms with Crippen LogP contribution in [0.15, 0.2) is 47.4 Å². The van der Waals surface area contributed by atoms with Crippen molar-refractivity contribution in [3.05, 3.63) is 47.5 Å². The molecule has 0 saturated carbocycles. The lowest BCUT2D eigenvalue weighted by atomic mass is 9.79. The van der Waals surface area contributed by atoms with E-state index in [-0.39, 0.29) is 4.90 Å². The van der Waals surface area contributed by atoms with Gasteiger partial charge in [0.1, 0.15) is 5.75 Å². The van der Waals surface area contributed by atoms with Crippen LogP contribution in [0.25, 0.3) is 0 Å². The van der Waals surface area contributed by atoms with Gasteiger partial charge in [-0.15, -0.1) is 0 Å². The summed E-state index contributed by atoms with van der Waals surface area (Å²) in [6.07, 6.45) is 0.589. The van der Waals surface area contributed by atoms with Crippen LogP contribution in [-0.4, -0.2) is 39.9 Å². The van der Waals surface area contributed by atoms with Crippen molar-refractivity contribution in [2.45, 2.75) is 50.2 Å². The fraction of sp³-hybridized carbons (Fsp3) is 0.429. The number of ether oxygens (including phenoxy) is 1. The summed E-state index contributed by atoms with van der Waals surface area (Å²) < 4.78 is 46.4. The lowest BCUT2D eigenvalue weighted by Crippen LogP contribution is -2.41. The number of rotatable bonds is 3. The lowest BCUT2D eigenvalue weighted by molar-refractivity contribution is 0.00578. The molecule has 0 bridgehead atoms. The molecule has 0 atom stereocenters. The number of hydrogen-bond acceptors (Lipinski definition) is 5. The van der Waals surface area contributed by atoms with E-state index in [0.29, 0.717) is 41.5 Å². The highest BCUT2D eigenvalue weighted by atomic mass is 35.5. The molecule has 6 nitrogen and oxygen atoms in total. The third kappa shape index (κ3) is 3.60. The van der Waals surface area contributed by atoms with Crippen LogP contribution >= 0.6 is 11.6 Å². The summed E-state index contributed by atoms with van der Waals surface area (Å²) >= 11 is 6.42. The van der Waals surface area contributed by atoms with Gasteiger partial charge < -0.3 is 14.0 Å². The maximum absolute atomic E-state index is 13.6. The van der Waals surface area contributed by atoms with Crippen molar-refractivity contribution in [3.63, 3.8) is 0 Å². The summed E-state index contributed by atoms with van der Waals surface area (Å²) in [4.78, 5) is 0.133. The van der Waals surface area contributed by atoms with Crippen LogP contribution in [0.5, 0.6) is 5.75 Å². The molecule has 2 aromatic carbocycles. The van der Waals surface area contributed by atoms with Gasteiger partial charge in [0.25, 0.3) is 10.0 Å². The van der Waals surface area contributed by atoms with Crippen LogP contribution in [0.4, 0.5) is 5.69 Å². The Balaban J connectivity index is 1.74. The zero-order valence-corrected chi connectivity index (χ0v) is 19.1. The van der Waals surface area contributed by atoms with Gasteiger partial charge >= 0.3 is 7.12 Å². The molecule has 2 aliphatic rings. The van der Waals surface area contributed by atoms with Crippen LogP contribution in [0.3, 0.4) is 0 Å². The molecule has 0 aromatic heterocycles. The Bertz CT molecular complexity index is 1060. The lowest BCUT2D eigenvalue weighted by Gasteiger charge is -2.32. The molecule has 9 heteroatoms. The predicted octanol–water partition coefficient (Wildman–Crippen LogP) is 3.62. The van der Waals surface area contributed by atoms with E-state index in [1.807, 2.05) is 33.8 Å². The number of hydrogen-bond donors (Lipinski definition) is 0. The zero-order chi connectivity index (χ0) is 21.7. The van der Waals surface area contributed by atoms with Gasteiger partial charge in [-0.1, -0.05) is 23.7 Å². The Morgan fingerprint density at radius 1 is 1.03 bits per heavy atom. The summed E-state index contributed by atoms with van der Waals surface area (Å²) in [5.74, 6) is 0.554. The molecule has 0 amide bonds. The van der Waals surface area contributed by atoms with Gasteiger partial charge in [0.05, 0.1) is 28.4 Å². The van der Waals surface area contributed by atoms with Crippen molar-refractivity contribution in [2.75, 3.05) is 17.5 Å². The molecule has 2 heterocycles. The van der Waals surface area contributed by atoms with E-state index in [9.17, 15) is 8.42 Å². The summed E-state index contributed by atoms with van der Waals surface area (Å²) in [5.41, 5.74) is -0.0914. The van der Waals surface area contributed by atoms with Gasteiger partial charge in [-0.2, -0.15) is 0 Å². The predicted molar refractivity (Wildman–Crippen MR) is 118 cm³/mol. The molecule has 160 valence electrons. The maximum atomic E-state index is 13.6. The van der Waals surface area contributed by atoms with Crippen molar-refractivity contribution < 1.29 is 22.5 Å². The fourth-order valence-corrected chi connectivity index (χ4v) is 5.26. The van der Waals surface area contributed by atoms with Crippen LogP contribution in [-0.2, 0) is 19.3 Å². The van der Waals surface area contributed by atoms with E-state index in [2.05, 4.69) is 0 Å². The minimum Gasteiger partial charge on any atom is -0.491 e. The fourth-order valence-electron chi connectivity index (χ4n) is 3.51. The van der Waals surface area contributed by atoms with Crippen LogP contribution in [0.2, 0.25) is 5.02 Å². The molecule has 0 aliphatic carbocycles. The van der Waals surface area contributed by atoms with Crippen LogP contribution < -0.4 is 14.5 Å². The number of benzene rings is 2. The summed E-state index contributed by atoms with van der Waals surface area (Å²) in [6.45, 7) is 8.55. The van der Waals surface area contributed by atoms with E-state index in [0.717, 1.165) is 0 Å². The monoisotopic (exact) mass is 449 g/mol. The molecule has 0 N–H and O–H groups in total. The number of anilines is 1. The molecule has 4 rings (SSSR count). The third-order valence-corrected chi connectivity index (χ3v) is 8.11. The minimum absolute atomic E-state index is 0.133. The van der Waals surface area contributed by atoms with Gasteiger partial charge in [0.2, 0.25) is 0 Å². The number of para-hydroxylation sites is 2. The van der Waals surface area contributed by atoms with Crippen molar-refractivity contribution in [2.24, 2.45) is 0 Å². The Morgan fingerprint density at radius 3 is 2.40 bits per heavy atom. The van der Waals surface area contributed by atoms with Crippen LogP contribution in [0, 0.1) is 0 Å². The highest BCUT2D eigenvalue weighted by molar-refractivity contribution is 7.92. The van der Waals surface area contributed by atoms with Crippen LogP contribution in [0.1, 0.15) is 34.1 Å². The first-order valence-corrected chi connectivity index (χ1v) is 11.7. The molecule has 30 heavy (non-hydrogen) atoms. The highest BCUT2D eigenvalue weighted by Gasteiger charge is 2.52. The molecule has 0 radical (unpaired) electrons. The molecule has 1 saturated heterocycles. The maximum Gasteiger partial charge on any atom is 0.496 e. The first-order valence-electron chi connectivity index (χ1n) is 9.93. The Kier molecular flexibility index (Phi) is 5.33. The number of sulfonamides is 1. The number of halogens is 1. The third-order valence-electron chi connectivity index (χ3n) is 5.96. The smallest absolute Gasteiger partial charge is 0.491 e. The van der Waals surface area contributed by atoms with E-state index >= 15 is 0 Å². The normalized spacial score (nSPS) is 20.4. The number of nitrogens with zero attached hydrogens (tertiary/aromatic N) is 1. The SMILES string of the molecule is CC1(C)OB(c2cc(S(=O)(=O)N3CCCOc4ccccc43)ccc2Cl)OC1(C)C. The second-order valence-corrected chi connectivity index (χ2v) is 10.8. The quantitative estimate of drug-likeness (QED) is 0.670. The molecule has 2 aromatic rings. The summed E-state index contributed by atoms with van der Waals surface area (Å²) in [5, 5.41) is 0.395. The van der Waals surface area contributed by atoms with Crippen molar-refractivity contribution in [1.82, 2.24) is 0 Å². The topological polar surface area (TPSA) is 65.1 Å². The van der Waals surface area contributed by atoms with Gasteiger partial charge in [0, 0.05) is 23.5 Å². The van der Waals surface area contributed by atoms with Gasteiger partial charge in [-0.25, -0.2) is 8.42 Å². The van der Waals surface area contributed by atoms with Gasteiger partial charge in [-0.05, 0) is 58.0 Å². The largest absolute Gasteiger partial charge is 0.496 e. The molecular formula is C21H25BClNO5S. The van der Waals surface area contributed by atoms with Crippen molar-refractivity contribution >= 4 is 39.9 Å². The Hall–Kier alpha value is -1.74. The summed E-state index contributed by atoms with van der Waals surface area (Å²) in [7, 11) is -4.59.